The van der Waals surface area contributed by atoms with Gasteiger partial charge in [0.25, 0.3) is 0 Å². The Morgan fingerprint density at radius 3 is 1.94 bits per heavy atom. The summed E-state index contributed by atoms with van der Waals surface area (Å²) < 4.78 is 24.3. The third kappa shape index (κ3) is 7.18. The molecule has 3 saturated carbocycles. The molecule has 6 aliphatic rings. The number of aliphatic hydroxyl groups is 9. The van der Waals surface area contributed by atoms with Crippen molar-refractivity contribution >= 4 is 0 Å². The zero-order valence-corrected chi connectivity index (χ0v) is 31.5. The van der Waals surface area contributed by atoms with Crippen molar-refractivity contribution in [3.8, 4) is 0 Å². The van der Waals surface area contributed by atoms with Gasteiger partial charge in [-0.25, -0.2) is 0 Å². The highest BCUT2D eigenvalue weighted by molar-refractivity contribution is 5.27. The summed E-state index contributed by atoms with van der Waals surface area (Å²) in [4.78, 5) is 0. The first-order valence-corrected chi connectivity index (χ1v) is 19.9. The third-order valence-electron chi connectivity index (χ3n) is 14.6. The van der Waals surface area contributed by atoms with Crippen LogP contribution in [0.5, 0.6) is 0 Å². The van der Waals surface area contributed by atoms with Crippen molar-refractivity contribution in [3.05, 3.63) is 11.6 Å². The smallest absolute Gasteiger partial charge is 0.186 e. The minimum absolute atomic E-state index is 0.0613. The largest absolute Gasteiger partial charge is 0.394 e. The quantitative estimate of drug-likeness (QED) is 0.135. The van der Waals surface area contributed by atoms with Crippen LogP contribution in [0.1, 0.15) is 92.4 Å². The second kappa shape index (κ2) is 16.0. The summed E-state index contributed by atoms with van der Waals surface area (Å²) in [6, 6.07) is 0. The molecule has 0 aromatic heterocycles. The van der Waals surface area contributed by atoms with Gasteiger partial charge in [-0.1, -0.05) is 65.5 Å². The maximum absolute atomic E-state index is 12.3. The van der Waals surface area contributed by atoms with E-state index in [1.807, 2.05) is 0 Å². The van der Waals surface area contributed by atoms with Gasteiger partial charge in [0.15, 0.2) is 12.6 Å². The summed E-state index contributed by atoms with van der Waals surface area (Å²) in [5, 5.41) is 94.9. The molecule has 0 amide bonds. The van der Waals surface area contributed by atoms with Gasteiger partial charge in [0.1, 0.15) is 48.8 Å². The number of ether oxygens (including phenoxy) is 4. The minimum Gasteiger partial charge on any atom is -0.394 e. The van der Waals surface area contributed by atoms with E-state index in [4.69, 9.17) is 18.9 Å². The second-order valence-corrected chi connectivity index (χ2v) is 18.0. The molecule has 0 radical (unpaired) electrons. The highest BCUT2D eigenvalue weighted by atomic mass is 16.7. The van der Waals surface area contributed by atoms with Crippen LogP contribution in [0.3, 0.4) is 0 Å². The third-order valence-corrected chi connectivity index (χ3v) is 14.6. The molecular weight excluding hydrogens is 676 g/mol. The molecule has 2 aliphatic heterocycles. The van der Waals surface area contributed by atoms with Crippen LogP contribution in [0.4, 0.5) is 0 Å². The summed E-state index contributed by atoms with van der Waals surface area (Å²) in [7, 11) is 0. The molecule has 300 valence electrons. The molecule has 20 atom stereocenters. The van der Waals surface area contributed by atoms with Crippen molar-refractivity contribution in [3.63, 3.8) is 0 Å². The molecule has 4 aliphatic carbocycles. The first-order chi connectivity index (χ1) is 24.6. The van der Waals surface area contributed by atoms with Gasteiger partial charge in [-0.3, -0.25) is 0 Å². The summed E-state index contributed by atoms with van der Waals surface area (Å²) in [5.41, 5.74) is 0.563. The minimum atomic E-state index is -1.53. The molecule has 2 heterocycles. The normalized spacial score (nSPS) is 51.4. The Morgan fingerprint density at radius 2 is 1.37 bits per heavy atom. The van der Waals surface area contributed by atoms with Crippen LogP contribution in [0, 0.1) is 46.3 Å². The van der Waals surface area contributed by atoms with Crippen LogP contribution in [-0.2, 0) is 18.9 Å². The Kier molecular flexibility index (Phi) is 12.6. The van der Waals surface area contributed by atoms with Crippen molar-refractivity contribution in [2.75, 3.05) is 13.2 Å². The lowest BCUT2D eigenvalue weighted by Crippen LogP contribution is -2.60. The van der Waals surface area contributed by atoms with Crippen molar-refractivity contribution in [2.24, 2.45) is 46.3 Å². The van der Waals surface area contributed by atoms with Crippen molar-refractivity contribution in [1.29, 1.82) is 0 Å². The summed E-state index contributed by atoms with van der Waals surface area (Å²) >= 11 is 0. The summed E-state index contributed by atoms with van der Waals surface area (Å²) in [6.45, 7) is 10.1. The molecule has 52 heavy (non-hydrogen) atoms. The van der Waals surface area contributed by atoms with E-state index in [1.165, 1.54) is 5.57 Å². The summed E-state index contributed by atoms with van der Waals surface area (Å²) in [5.74, 6) is 1.26. The zero-order valence-electron chi connectivity index (χ0n) is 31.5. The fourth-order valence-electron chi connectivity index (χ4n) is 11.6. The van der Waals surface area contributed by atoms with Crippen LogP contribution in [0.2, 0.25) is 0 Å². The second-order valence-electron chi connectivity index (χ2n) is 18.0. The molecule has 0 aromatic carbocycles. The standard InChI is InChI=1S/C39H66O13/c1-18(2)7-6-8-19(3)29-25(50-37-35(48)33(46)31(44)27(17-41)52-37)14-24-22-10-9-20-13-21(49-36-34(47)32(45)30(43)26(16-40)51-36)11-12-38(20,4)23(22)15-28(42)39(24,29)5/h9,18-19,21-37,40-48H,6-8,10-17H2,1-5H3/t19-,21+,22-,23+,24-,25+,26-,27-,28+,29+,30-,31-,32+,33+,34-,35-,36-,37-,38+,39-/m1/s1. The molecule has 0 spiro atoms. The average molecular weight is 743 g/mol. The predicted molar refractivity (Wildman–Crippen MR) is 187 cm³/mol. The van der Waals surface area contributed by atoms with Gasteiger partial charge in [-0.15, -0.1) is 0 Å². The van der Waals surface area contributed by atoms with Gasteiger partial charge in [-0.2, -0.15) is 0 Å². The molecule has 5 fully saturated rings. The SMILES string of the molecule is CC(C)CCC[C@@H](C)[C@H]1[C@@H](O[C@@H]2O[C@H](CO)[C@@H](O)[C@H](O)[C@H]2O)C[C@@H]2[C@@H]3CC=C4C[C@@H](O[C@@H]5O[C@H](CO)[C@@H](O)[C@H](O)[C@H]5O)CC[C@]4(C)[C@H]3C[C@H](O)[C@]12C. The topological polar surface area (TPSA) is 219 Å². The molecule has 0 bridgehead atoms. The number of allylic oxidation sites excluding steroid dienone is 1. The van der Waals surface area contributed by atoms with E-state index >= 15 is 0 Å². The molecule has 0 aromatic rings. The maximum atomic E-state index is 12.3. The van der Waals surface area contributed by atoms with Gasteiger partial charge < -0.3 is 64.9 Å². The van der Waals surface area contributed by atoms with E-state index in [0.29, 0.717) is 31.6 Å². The van der Waals surface area contributed by atoms with Gasteiger partial charge in [0.2, 0.25) is 0 Å². The van der Waals surface area contributed by atoms with Crippen LogP contribution >= 0.6 is 0 Å². The van der Waals surface area contributed by atoms with Gasteiger partial charge in [0, 0.05) is 5.41 Å². The lowest BCUT2D eigenvalue weighted by Gasteiger charge is -2.60. The molecule has 0 unspecified atom stereocenters. The molecular formula is C39H66O13. The molecule has 9 N–H and O–H groups in total. The first-order valence-electron chi connectivity index (χ1n) is 19.9. The fourth-order valence-corrected chi connectivity index (χ4v) is 11.6. The Labute approximate surface area is 307 Å². The lowest BCUT2D eigenvalue weighted by molar-refractivity contribution is -0.316. The monoisotopic (exact) mass is 742 g/mol. The lowest BCUT2D eigenvalue weighted by atomic mass is 9.46. The fraction of sp³-hybridized carbons (Fsp3) is 0.949. The van der Waals surface area contributed by atoms with E-state index in [0.717, 1.165) is 32.1 Å². The molecule has 6 rings (SSSR count). The first kappa shape index (κ1) is 40.9. The maximum Gasteiger partial charge on any atom is 0.186 e. The van der Waals surface area contributed by atoms with Crippen LogP contribution in [-0.4, -0.2) is 139 Å². The van der Waals surface area contributed by atoms with Crippen molar-refractivity contribution in [1.82, 2.24) is 0 Å². The van der Waals surface area contributed by atoms with Crippen LogP contribution in [0.15, 0.2) is 11.6 Å². The van der Waals surface area contributed by atoms with E-state index in [2.05, 4.69) is 40.7 Å². The van der Waals surface area contributed by atoms with Crippen LogP contribution < -0.4 is 0 Å². The Morgan fingerprint density at radius 1 is 0.769 bits per heavy atom. The number of hydrogen-bond donors (Lipinski definition) is 9. The van der Waals surface area contributed by atoms with E-state index in [9.17, 15) is 46.0 Å². The van der Waals surface area contributed by atoms with E-state index in [1.54, 1.807) is 0 Å². The Bertz CT molecular complexity index is 1230. The zero-order chi connectivity index (χ0) is 37.9. The highest BCUT2D eigenvalue weighted by Gasteiger charge is 2.66. The highest BCUT2D eigenvalue weighted by Crippen LogP contribution is 2.68. The number of hydrogen-bond acceptors (Lipinski definition) is 13. The predicted octanol–water partition coefficient (Wildman–Crippen LogP) is 0.979. The number of rotatable bonds is 11. The van der Waals surface area contributed by atoms with Gasteiger partial charge >= 0.3 is 0 Å². The van der Waals surface area contributed by atoms with Crippen molar-refractivity contribution in [2.45, 2.75) is 172 Å². The van der Waals surface area contributed by atoms with Gasteiger partial charge in [0.05, 0.1) is 31.5 Å². The van der Waals surface area contributed by atoms with Crippen molar-refractivity contribution < 1.29 is 64.9 Å². The van der Waals surface area contributed by atoms with E-state index in [-0.39, 0.29) is 47.2 Å². The molecule has 13 nitrogen and oxygen atoms in total. The number of aliphatic hydroxyl groups excluding tert-OH is 9. The number of fused-ring (bicyclic) bond motifs is 5. The van der Waals surface area contributed by atoms with Crippen LogP contribution in [0.25, 0.3) is 0 Å². The van der Waals surface area contributed by atoms with Gasteiger partial charge in [-0.05, 0) is 79.4 Å². The Hall–Kier alpha value is -0.780. The molecule has 2 saturated heterocycles. The molecule has 13 heteroatoms. The Balaban J connectivity index is 1.23. The van der Waals surface area contributed by atoms with E-state index < -0.39 is 86.1 Å². The summed E-state index contributed by atoms with van der Waals surface area (Å²) in [6.07, 6.45) is -5.16. The average Bonchev–Trinajstić information content (AvgIpc) is 3.42.